The van der Waals surface area contributed by atoms with Gasteiger partial charge in [0.05, 0.1) is 43.8 Å². The van der Waals surface area contributed by atoms with Crippen molar-refractivity contribution in [3.8, 4) is 17.2 Å². The normalized spacial score (nSPS) is 11.0. The first-order valence-electron chi connectivity index (χ1n) is 9.58. The molecule has 0 spiro atoms. The number of benzene rings is 2. The fourth-order valence-corrected chi connectivity index (χ4v) is 3.89. The Labute approximate surface area is 185 Å². The molecule has 0 unspecified atom stereocenters. The molecule has 162 valence electrons. The summed E-state index contributed by atoms with van der Waals surface area (Å²) in [6.45, 7) is 4.09. The molecule has 31 heavy (non-hydrogen) atoms. The van der Waals surface area contributed by atoms with E-state index < -0.39 is 0 Å². The monoisotopic (exact) mass is 439 g/mol. The van der Waals surface area contributed by atoms with Gasteiger partial charge in [0.1, 0.15) is 0 Å². The van der Waals surface area contributed by atoms with Gasteiger partial charge < -0.3 is 14.2 Å². The Kier molecular flexibility index (Phi) is 7.36. The molecule has 1 amide bonds. The van der Waals surface area contributed by atoms with Crippen LogP contribution in [-0.2, 0) is 4.79 Å². The molecular weight excluding hydrogens is 414 g/mol. The van der Waals surface area contributed by atoms with E-state index in [1.807, 2.05) is 25.1 Å². The van der Waals surface area contributed by atoms with Gasteiger partial charge in [0.15, 0.2) is 11.5 Å². The minimum absolute atomic E-state index is 0.205. The number of pyridine rings is 1. The summed E-state index contributed by atoms with van der Waals surface area (Å²) >= 11 is 1.38. The minimum atomic E-state index is -0.224. The first kappa shape index (κ1) is 22.4. The van der Waals surface area contributed by atoms with E-state index >= 15 is 0 Å². The van der Waals surface area contributed by atoms with Crippen molar-refractivity contribution in [1.82, 2.24) is 10.4 Å². The molecule has 0 aliphatic carbocycles. The largest absolute Gasteiger partial charge is 0.493 e. The van der Waals surface area contributed by atoms with E-state index in [0.29, 0.717) is 22.8 Å². The second-order valence-corrected chi connectivity index (χ2v) is 7.78. The predicted octanol–water partition coefficient (Wildman–Crippen LogP) is 4.12. The average Bonchev–Trinajstić information content (AvgIpc) is 2.77. The maximum atomic E-state index is 12.2. The number of ether oxygens (including phenoxy) is 3. The Balaban J connectivity index is 1.64. The summed E-state index contributed by atoms with van der Waals surface area (Å²) in [4.78, 5) is 16.9. The molecule has 7 nitrogen and oxygen atoms in total. The van der Waals surface area contributed by atoms with E-state index in [-0.39, 0.29) is 11.7 Å². The summed E-state index contributed by atoms with van der Waals surface area (Å²) in [5, 5.41) is 5.97. The average molecular weight is 440 g/mol. The van der Waals surface area contributed by atoms with Gasteiger partial charge in [-0.25, -0.2) is 10.4 Å². The maximum Gasteiger partial charge on any atom is 0.250 e. The number of fused-ring (bicyclic) bond motifs is 1. The molecule has 3 rings (SSSR count). The van der Waals surface area contributed by atoms with Gasteiger partial charge in [-0.1, -0.05) is 30.0 Å². The summed E-state index contributed by atoms with van der Waals surface area (Å²) in [5.41, 5.74) is 6.45. The molecule has 0 radical (unpaired) electrons. The van der Waals surface area contributed by atoms with E-state index in [4.69, 9.17) is 19.2 Å². The Morgan fingerprint density at radius 1 is 1.06 bits per heavy atom. The number of aromatic nitrogens is 1. The van der Waals surface area contributed by atoms with Gasteiger partial charge in [-0.2, -0.15) is 5.10 Å². The highest BCUT2D eigenvalue weighted by molar-refractivity contribution is 7.99. The van der Waals surface area contributed by atoms with Crippen LogP contribution in [0.3, 0.4) is 0 Å². The Hall–Kier alpha value is -3.26. The van der Waals surface area contributed by atoms with Gasteiger partial charge in [0, 0.05) is 10.9 Å². The lowest BCUT2D eigenvalue weighted by atomic mass is 10.1. The number of thioether (sulfide) groups is 1. The Morgan fingerprint density at radius 3 is 2.42 bits per heavy atom. The minimum Gasteiger partial charge on any atom is -0.493 e. The number of nitrogens with zero attached hydrogens (tertiary/aromatic N) is 2. The van der Waals surface area contributed by atoms with Crippen LogP contribution in [0.4, 0.5) is 0 Å². The maximum absolute atomic E-state index is 12.2. The summed E-state index contributed by atoms with van der Waals surface area (Å²) in [6, 6.07) is 11.6. The van der Waals surface area contributed by atoms with E-state index in [2.05, 4.69) is 23.5 Å². The molecule has 1 N–H and O–H groups in total. The van der Waals surface area contributed by atoms with Crippen LogP contribution in [-0.4, -0.2) is 44.2 Å². The number of hydrogen-bond acceptors (Lipinski definition) is 7. The number of nitrogens with one attached hydrogen (secondary N) is 1. The highest BCUT2D eigenvalue weighted by Gasteiger charge is 2.12. The number of amides is 1. The van der Waals surface area contributed by atoms with Crippen molar-refractivity contribution in [2.24, 2.45) is 5.10 Å². The highest BCUT2D eigenvalue weighted by Crippen LogP contribution is 2.37. The van der Waals surface area contributed by atoms with Crippen LogP contribution in [0.25, 0.3) is 10.9 Å². The molecule has 0 atom stereocenters. The van der Waals surface area contributed by atoms with Crippen LogP contribution in [0.15, 0.2) is 46.5 Å². The molecular formula is C23H25N3O4S. The van der Waals surface area contributed by atoms with Gasteiger partial charge in [0.2, 0.25) is 11.7 Å². The summed E-state index contributed by atoms with van der Waals surface area (Å²) < 4.78 is 15.9. The second-order valence-electron chi connectivity index (χ2n) is 6.79. The first-order valence-corrected chi connectivity index (χ1v) is 10.6. The van der Waals surface area contributed by atoms with E-state index in [9.17, 15) is 4.79 Å². The number of para-hydroxylation sites is 1. The third-order valence-electron chi connectivity index (χ3n) is 4.67. The second kappa shape index (κ2) is 10.2. The number of carbonyl (C=O) groups is 1. The Morgan fingerprint density at radius 2 is 1.77 bits per heavy atom. The van der Waals surface area contributed by atoms with Crippen LogP contribution in [0.5, 0.6) is 17.2 Å². The molecule has 1 heterocycles. The molecule has 2 aromatic carbocycles. The van der Waals surface area contributed by atoms with Crippen LogP contribution >= 0.6 is 11.8 Å². The SMILES string of the molecule is COc1cc(C=NNC(=O)CSc2cc(C)c3cccc(C)c3n2)cc(OC)c1OC. The summed E-state index contributed by atoms with van der Waals surface area (Å²) in [5.74, 6) is 1.50. The third kappa shape index (κ3) is 5.27. The molecule has 0 aliphatic heterocycles. The number of hydrazone groups is 1. The lowest BCUT2D eigenvalue weighted by Crippen LogP contribution is -2.19. The molecule has 1 aromatic heterocycles. The lowest BCUT2D eigenvalue weighted by Gasteiger charge is -2.12. The quantitative estimate of drug-likeness (QED) is 0.323. The standard InChI is InChI=1S/C23H25N3O4S/c1-14-7-6-8-17-15(2)9-21(25-22(14)17)31-13-20(27)26-24-12-16-10-18(28-3)23(30-5)19(11-16)29-4/h6-12H,13H2,1-5H3,(H,26,27). The fourth-order valence-electron chi connectivity index (χ4n) is 3.13. The van der Waals surface area contributed by atoms with Crippen molar-refractivity contribution in [2.45, 2.75) is 18.9 Å². The summed E-state index contributed by atoms with van der Waals surface area (Å²) in [6.07, 6.45) is 1.52. The van der Waals surface area contributed by atoms with Gasteiger partial charge in [0.25, 0.3) is 0 Å². The fraction of sp³-hybridized carbons (Fsp3) is 0.261. The molecule has 0 bridgehead atoms. The van der Waals surface area contributed by atoms with Gasteiger partial charge >= 0.3 is 0 Å². The predicted molar refractivity (Wildman–Crippen MR) is 124 cm³/mol. The van der Waals surface area contributed by atoms with Crippen LogP contribution in [0.2, 0.25) is 0 Å². The Bertz CT molecular complexity index is 1110. The zero-order chi connectivity index (χ0) is 22.4. The van der Waals surface area contributed by atoms with Crippen LogP contribution in [0, 0.1) is 13.8 Å². The smallest absolute Gasteiger partial charge is 0.250 e. The molecule has 8 heteroatoms. The van der Waals surface area contributed by atoms with Gasteiger partial charge in [-0.3, -0.25) is 4.79 Å². The number of hydrogen-bond donors (Lipinski definition) is 1. The topological polar surface area (TPSA) is 82.0 Å². The van der Waals surface area contributed by atoms with E-state index in [0.717, 1.165) is 27.1 Å². The van der Waals surface area contributed by atoms with Gasteiger partial charge in [-0.15, -0.1) is 0 Å². The lowest BCUT2D eigenvalue weighted by molar-refractivity contribution is -0.118. The zero-order valence-electron chi connectivity index (χ0n) is 18.2. The van der Waals surface area contributed by atoms with Gasteiger partial charge in [-0.05, 0) is 43.2 Å². The number of methoxy groups -OCH3 is 3. The van der Waals surface area contributed by atoms with E-state index in [1.165, 1.54) is 18.0 Å². The van der Waals surface area contributed by atoms with Crippen LogP contribution in [0.1, 0.15) is 16.7 Å². The molecule has 0 saturated carbocycles. The number of carbonyl (C=O) groups excluding carboxylic acids is 1. The van der Waals surface area contributed by atoms with Crippen molar-refractivity contribution in [1.29, 1.82) is 0 Å². The van der Waals surface area contributed by atoms with Crippen molar-refractivity contribution < 1.29 is 19.0 Å². The highest BCUT2D eigenvalue weighted by atomic mass is 32.2. The van der Waals surface area contributed by atoms with Crippen molar-refractivity contribution in [2.75, 3.05) is 27.1 Å². The molecule has 3 aromatic rings. The molecule has 0 fully saturated rings. The number of aryl methyl sites for hydroxylation is 2. The van der Waals surface area contributed by atoms with Crippen molar-refractivity contribution in [3.63, 3.8) is 0 Å². The van der Waals surface area contributed by atoms with E-state index in [1.54, 1.807) is 33.5 Å². The zero-order valence-corrected chi connectivity index (χ0v) is 19.0. The van der Waals surface area contributed by atoms with Crippen LogP contribution < -0.4 is 19.6 Å². The third-order valence-corrected chi connectivity index (χ3v) is 5.58. The van der Waals surface area contributed by atoms with Crippen molar-refractivity contribution in [3.05, 3.63) is 53.1 Å². The molecule has 0 aliphatic rings. The number of rotatable bonds is 8. The summed E-state index contributed by atoms with van der Waals surface area (Å²) in [7, 11) is 4.63. The van der Waals surface area contributed by atoms with Crippen molar-refractivity contribution >= 4 is 34.8 Å². The molecule has 0 saturated heterocycles. The first-order chi connectivity index (χ1) is 15.0.